The van der Waals surface area contributed by atoms with E-state index in [0.717, 1.165) is 19.4 Å². The number of rotatable bonds is 6. The van der Waals surface area contributed by atoms with E-state index in [0.29, 0.717) is 23.1 Å². The van der Waals surface area contributed by atoms with Crippen LogP contribution in [0.4, 0.5) is 4.39 Å². The molecular weight excluding hydrogens is 279 g/mol. The molecule has 0 fully saturated rings. The largest absolute Gasteiger partial charge is 0.357 e. The van der Waals surface area contributed by atoms with E-state index < -0.39 is 0 Å². The molecule has 0 aliphatic rings. The van der Waals surface area contributed by atoms with E-state index in [2.05, 4.69) is 48.3 Å². The molecule has 2 N–H and O–H groups in total. The molecule has 0 saturated carbocycles. The van der Waals surface area contributed by atoms with Crippen LogP contribution in [0.25, 0.3) is 0 Å². The second-order valence-corrected chi connectivity index (χ2v) is 6.77. The maximum Gasteiger partial charge on any atom is 0.191 e. The van der Waals surface area contributed by atoms with Crippen LogP contribution in [0.3, 0.4) is 0 Å². The lowest BCUT2D eigenvalue weighted by Crippen LogP contribution is -2.42. The van der Waals surface area contributed by atoms with Crippen molar-refractivity contribution >= 4 is 5.96 Å². The van der Waals surface area contributed by atoms with E-state index in [9.17, 15) is 4.39 Å². The van der Waals surface area contributed by atoms with Gasteiger partial charge in [-0.1, -0.05) is 20.8 Å². The summed E-state index contributed by atoms with van der Waals surface area (Å²) in [6.45, 7) is 11.9. The van der Waals surface area contributed by atoms with Crippen LogP contribution in [0, 0.1) is 11.2 Å². The summed E-state index contributed by atoms with van der Waals surface area (Å²) < 4.78 is 13.6. The summed E-state index contributed by atoms with van der Waals surface area (Å²) in [5, 5.41) is 6.56. The predicted octanol–water partition coefficient (Wildman–Crippen LogP) is 3.49. The van der Waals surface area contributed by atoms with Gasteiger partial charge in [0.2, 0.25) is 0 Å². The van der Waals surface area contributed by atoms with Gasteiger partial charge in [0.05, 0.1) is 12.2 Å². The van der Waals surface area contributed by atoms with E-state index in [4.69, 9.17) is 0 Å². The standard InChI is InChI=1S/C17H29FN4/c1-6-19-16(22-13(2)9-10-17(3,4)5)21-12-15-14(18)8-7-11-20-15/h7-8,11,13H,6,9-10,12H2,1-5H3,(H2,19,21,22). The number of halogens is 1. The van der Waals surface area contributed by atoms with Gasteiger partial charge in [-0.05, 0) is 44.2 Å². The molecular formula is C17H29FN4. The Kier molecular flexibility index (Phi) is 7.28. The third-order valence-corrected chi connectivity index (χ3v) is 3.28. The topological polar surface area (TPSA) is 49.3 Å². The molecule has 0 radical (unpaired) electrons. The quantitative estimate of drug-likeness (QED) is 0.625. The van der Waals surface area contributed by atoms with Gasteiger partial charge in [0.25, 0.3) is 0 Å². The molecule has 0 bridgehead atoms. The zero-order valence-corrected chi connectivity index (χ0v) is 14.4. The highest BCUT2D eigenvalue weighted by Crippen LogP contribution is 2.21. The minimum atomic E-state index is -0.317. The number of aliphatic imine (C=N–C) groups is 1. The van der Waals surface area contributed by atoms with Crippen LogP contribution < -0.4 is 10.6 Å². The Balaban J connectivity index is 2.60. The van der Waals surface area contributed by atoms with E-state index in [1.165, 1.54) is 6.07 Å². The number of guanidine groups is 1. The van der Waals surface area contributed by atoms with E-state index in [1.54, 1.807) is 12.3 Å². The molecule has 0 aliphatic heterocycles. The highest BCUT2D eigenvalue weighted by Gasteiger charge is 2.13. The van der Waals surface area contributed by atoms with Crippen LogP contribution in [0.15, 0.2) is 23.3 Å². The van der Waals surface area contributed by atoms with E-state index in [-0.39, 0.29) is 12.4 Å². The maximum absolute atomic E-state index is 13.6. The molecule has 0 aromatic carbocycles. The van der Waals surface area contributed by atoms with Crippen molar-refractivity contribution in [3.05, 3.63) is 29.8 Å². The first-order valence-corrected chi connectivity index (χ1v) is 7.96. The maximum atomic E-state index is 13.6. The zero-order valence-electron chi connectivity index (χ0n) is 14.4. The smallest absolute Gasteiger partial charge is 0.191 e. The normalized spacial score (nSPS) is 13.8. The summed E-state index contributed by atoms with van der Waals surface area (Å²) in [5.74, 6) is 0.386. The van der Waals surface area contributed by atoms with Crippen LogP contribution in [-0.4, -0.2) is 23.5 Å². The number of hydrogen-bond acceptors (Lipinski definition) is 2. The Labute approximate surface area is 133 Å². The lowest BCUT2D eigenvalue weighted by Gasteiger charge is -2.23. The van der Waals surface area contributed by atoms with Gasteiger partial charge in [-0.3, -0.25) is 4.98 Å². The predicted molar refractivity (Wildman–Crippen MR) is 90.3 cm³/mol. The lowest BCUT2D eigenvalue weighted by molar-refractivity contribution is 0.346. The molecule has 0 spiro atoms. The van der Waals surface area contributed by atoms with Crippen LogP contribution >= 0.6 is 0 Å². The summed E-state index contributed by atoms with van der Waals surface area (Å²) in [5.41, 5.74) is 0.685. The van der Waals surface area contributed by atoms with Crippen molar-refractivity contribution in [2.45, 2.75) is 60.0 Å². The number of nitrogens with one attached hydrogen (secondary N) is 2. The van der Waals surface area contributed by atoms with Gasteiger partial charge >= 0.3 is 0 Å². The SMILES string of the molecule is CCNC(=NCc1ncccc1F)NC(C)CCC(C)(C)C. The lowest BCUT2D eigenvalue weighted by atomic mass is 9.89. The second kappa shape index (κ2) is 8.71. The highest BCUT2D eigenvalue weighted by molar-refractivity contribution is 5.80. The van der Waals surface area contributed by atoms with Gasteiger partial charge < -0.3 is 10.6 Å². The highest BCUT2D eigenvalue weighted by atomic mass is 19.1. The molecule has 124 valence electrons. The minimum absolute atomic E-state index is 0.230. The summed E-state index contributed by atoms with van der Waals surface area (Å²) in [4.78, 5) is 8.44. The van der Waals surface area contributed by atoms with Crippen LogP contribution in [0.5, 0.6) is 0 Å². The molecule has 0 saturated heterocycles. The molecule has 0 amide bonds. The van der Waals surface area contributed by atoms with Gasteiger partial charge in [-0.15, -0.1) is 0 Å². The molecule has 4 nitrogen and oxygen atoms in total. The van der Waals surface area contributed by atoms with Crippen molar-refractivity contribution in [3.8, 4) is 0 Å². The molecule has 1 unspecified atom stereocenters. The molecule has 0 aliphatic carbocycles. The summed E-state index contributed by atoms with van der Waals surface area (Å²) in [6, 6.07) is 3.30. The first kappa shape index (κ1) is 18.4. The average molecular weight is 308 g/mol. The number of aromatic nitrogens is 1. The van der Waals surface area contributed by atoms with Gasteiger partial charge in [0.1, 0.15) is 5.82 Å². The van der Waals surface area contributed by atoms with E-state index in [1.807, 2.05) is 6.92 Å². The van der Waals surface area contributed by atoms with Crippen molar-refractivity contribution in [2.24, 2.45) is 10.4 Å². The molecule has 1 rings (SSSR count). The van der Waals surface area contributed by atoms with Gasteiger partial charge in [-0.25, -0.2) is 9.38 Å². The van der Waals surface area contributed by atoms with Crippen molar-refractivity contribution in [1.29, 1.82) is 0 Å². The first-order chi connectivity index (χ1) is 10.3. The molecule has 1 atom stereocenters. The third-order valence-electron chi connectivity index (χ3n) is 3.28. The Morgan fingerprint density at radius 3 is 2.73 bits per heavy atom. The Bertz CT molecular complexity index is 480. The van der Waals surface area contributed by atoms with Crippen molar-refractivity contribution in [3.63, 3.8) is 0 Å². The van der Waals surface area contributed by atoms with Crippen LogP contribution in [-0.2, 0) is 6.54 Å². The van der Waals surface area contributed by atoms with Gasteiger partial charge in [0, 0.05) is 18.8 Å². The minimum Gasteiger partial charge on any atom is -0.357 e. The summed E-state index contributed by atoms with van der Waals surface area (Å²) in [6.07, 6.45) is 3.78. The Hall–Kier alpha value is -1.65. The monoisotopic (exact) mass is 308 g/mol. The average Bonchev–Trinajstić information content (AvgIpc) is 2.43. The fraction of sp³-hybridized carbons (Fsp3) is 0.647. The summed E-state index contributed by atoms with van der Waals surface area (Å²) >= 11 is 0. The van der Waals surface area contributed by atoms with Gasteiger partial charge in [-0.2, -0.15) is 0 Å². The van der Waals surface area contributed by atoms with Gasteiger partial charge in [0.15, 0.2) is 5.96 Å². The Morgan fingerprint density at radius 1 is 1.41 bits per heavy atom. The molecule has 1 aromatic heterocycles. The van der Waals surface area contributed by atoms with Crippen LogP contribution in [0.1, 0.15) is 53.2 Å². The summed E-state index contributed by atoms with van der Waals surface area (Å²) in [7, 11) is 0. The molecule has 1 aromatic rings. The number of hydrogen-bond donors (Lipinski definition) is 2. The third kappa shape index (κ3) is 7.38. The van der Waals surface area contributed by atoms with Crippen LogP contribution in [0.2, 0.25) is 0 Å². The van der Waals surface area contributed by atoms with Crippen molar-refractivity contribution in [1.82, 2.24) is 15.6 Å². The zero-order chi connectivity index (χ0) is 16.6. The molecule has 1 heterocycles. The molecule has 5 heteroatoms. The number of nitrogens with zero attached hydrogens (tertiary/aromatic N) is 2. The Morgan fingerprint density at radius 2 is 2.14 bits per heavy atom. The molecule has 22 heavy (non-hydrogen) atoms. The number of pyridine rings is 1. The van der Waals surface area contributed by atoms with Crippen molar-refractivity contribution in [2.75, 3.05) is 6.54 Å². The fourth-order valence-corrected chi connectivity index (χ4v) is 1.96. The second-order valence-electron chi connectivity index (χ2n) is 6.77. The van der Waals surface area contributed by atoms with Crippen molar-refractivity contribution < 1.29 is 4.39 Å². The fourth-order valence-electron chi connectivity index (χ4n) is 1.96. The first-order valence-electron chi connectivity index (χ1n) is 7.96. The van der Waals surface area contributed by atoms with E-state index >= 15 is 0 Å².